The maximum Gasteiger partial charge on any atom is 0.401 e. The Morgan fingerprint density at radius 2 is 2.05 bits per heavy atom. The molecule has 112 valence electrons. The normalized spacial score (nSPS) is 24.2. The molecule has 1 aliphatic carbocycles. The average molecular weight is 280 g/mol. The minimum absolute atomic E-state index is 0.277. The first-order valence-corrected chi connectivity index (χ1v) is 6.91. The Morgan fingerprint density at radius 3 is 2.68 bits per heavy atom. The summed E-state index contributed by atoms with van der Waals surface area (Å²) in [4.78, 5) is 11.3. The molecule has 0 aliphatic heterocycles. The number of carbonyl (C=O) groups excluding carboxylic acids is 1. The molecule has 1 amide bonds. The van der Waals surface area contributed by atoms with E-state index in [0.29, 0.717) is 12.5 Å². The maximum atomic E-state index is 11.8. The summed E-state index contributed by atoms with van der Waals surface area (Å²) in [5.74, 6) is 1.03. The summed E-state index contributed by atoms with van der Waals surface area (Å²) in [6.07, 6.45) is 1.58. The highest BCUT2D eigenvalue weighted by Crippen LogP contribution is 2.30. The van der Waals surface area contributed by atoms with Crippen LogP contribution in [0.3, 0.4) is 0 Å². The Labute approximate surface area is 112 Å². The summed E-state index contributed by atoms with van der Waals surface area (Å²) < 4.78 is 35.5. The minimum Gasteiger partial charge on any atom is -0.355 e. The Balaban J connectivity index is 2.04. The van der Waals surface area contributed by atoms with Crippen molar-refractivity contribution in [1.29, 1.82) is 0 Å². The van der Waals surface area contributed by atoms with Gasteiger partial charge < -0.3 is 10.6 Å². The first kappa shape index (κ1) is 16.3. The number of hydrogen-bond acceptors (Lipinski definition) is 2. The van der Waals surface area contributed by atoms with Crippen molar-refractivity contribution in [2.45, 2.75) is 45.2 Å². The molecule has 0 aromatic rings. The Morgan fingerprint density at radius 1 is 1.32 bits per heavy atom. The Kier molecular flexibility index (Phi) is 6.62. The quantitative estimate of drug-likeness (QED) is 0.785. The third-order valence-electron chi connectivity index (χ3n) is 3.53. The summed E-state index contributed by atoms with van der Waals surface area (Å²) in [6, 6.07) is 0. The van der Waals surface area contributed by atoms with Crippen molar-refractivity contribution in [3.63, 3.8) is 0 Å². The maximum absolute atomic E-state index is 11.8. The van der Waals surface area contributed by atoms with Crippen LogP contribution in [0.2, 0.25) is 0 Å². The van der Waals surface area contributed by atoms with Crippen LogP contribution in [0.25, 0.3) is 0 Å². The fraction of sp³-hybridized carbons (Fsp3) is 0.923. The summed E-state index contributed by atoms with van der Waals surface area (Å²) in [5, 5.41) is 4.75. The van der Waals surface area contributed by atoms with Crippen molar-refractivity contribution in [3.8, 4) is 0 Å². The molecule has 2 atom stereocenters. The highest BCUT2D eigenvalue weighted by atomic mass is 19.4. The zero-order valence-corrected chi connectivity index (χ0v) is 11.4. The van der Waals surface area contributed by atoms with Crippen molar-refractivity contribution >= 4 is 5.91 Å². The molecule has 0 aromatic heterocycles. The molecule has 0 spiro atoms. The van der Waals surface area contributed by atoms with Gasteiger partial charge in [-0.3, -0.25) is 4.79 Å². The lowest BCUT2D eigenvalue weighted by atomic mass is 9.81. The van der Waals surface area contributed by atoms with Gasteiger partial charge in [-0.15, -0.1) is 0 Å². The monoisotopic (exact) mass is 280 g/mol. The lowest BCUT2D eigenvalue weighted by molar-refractivity contribution is -0.128. The molecule has 0 radical (unpaired) electrons. The number of carbonyl (C=O) groups is 1. The molecule has 1 aliphatic rings. The summed E-state index contributed by atoms with van der Waals surface area (Å²) in [7, 11) is 0. The van der Waals surface area contributed by atoms with Crippen LogP contribution in [0, 0.1) is 11.8 Å². The number of amides is 1. The van der Waals surface area contributed by atoms with Gasteiger partial charge in [0, 0.05) is 6.54 Å². The van der Waals surface area contributed by atoms with Crippen LogP contribution >= 0.6 is 0 Å². The van der Waals surface area contributed by atoms with Gasteiger partial charge in [0.1, 0.15) is 0 Å². The van der Waals surface area contributed by atoms with Crippen molar-refractivity contribution in [1.82, 2.24) is 10.6 Å². The third-order valence-corrected chi connectivity index (χ3v) is 3.53. The molecule has 3 nitrogen and oxygen atoms in total. The summed E-state index contributed by atoms with van der Waals surface area (Å²) >= 11 is 0. The van der Waals surface area contributed by atoms with E-state index in [-0.39, 0.29) is 12.5 Å². The van der Waals surface area contributed by atoms with Crippen LogP contribution in [0.5, 0.6) is 0 Å². The predicted molar refractivity (Wildman–Crippen MR) is 67.7 cm³/mol. The smallest absolute Gasteiger partial charge is 0.355 e. The van der Waals surface area contributed by atoms with E-state index >= 15 is 0 Å². The fourth-order valence-corrected chi connectivity index (χ4v) is 2.62. The minimum atomic E-state index is -4.27. The molecule has 0 aromatic carbocycles. The molecular formula is C13H23F3N2O. The second-order valence-corrected chi connectivity index (χ2v) is 5.50. The molecule has 2 N–H and O–H groups in total. The van der Waals surface area contributed by atoms with Gasteiger partial charge in [0.2, 0.25) is 5.91 Å². The van der Waals surface area contributed by atoms with Crippen LogP contribution in [-0.4, -0.2) is 31.7 Å². The molecule has 1 saturated carbocycles. The molecule has 2 unspecified atom stereocenters. The van der Waals surface area contributed by atoms with Gasteiger partial charge in [-0.2, -0.15) is 13.2 Å². The van der Waals surface area contributed by atoms with Gasteiger partial charge in [0.15, 0.2) is 0 Å². The molecular weight excluding hydrogens is 257 g/mol. The van der Waals surface area contributed by atoms with E-state index in [4.69, 9.17) is 0 Å². The van der Waals surface area contributed by atoms with Crippen molar-refractivity contribution < 1.29 is 18.0 Å². The molecule has 0 heterocycles. The van der Waals surface area contributed by atoms with Crippen molar-refractivity contribution in [3.05, 3.63) is 0 Å². The van der Waals surface area contributed by atoms with Crippen molar-refractivity contribution in [2.75, 3.05) is 19.6 Å². The predicted octanol–water partition coefficient (Wildman–Crippen LogP) is 2.47. The van der Waals surface area contributed by atoms with E-state index in [1.165, 1.54) is 25.7 Å². The van der Waals surface area contributed by atoms with Crippen LogP contribution in [0.4, 0.5) is 13.2 Å². The molecule has 6 heteroatoms. The third kappa shape index (κ3) is 8.08. The second-order valence-electron chi connectivity index (χ2n) is 5.50. The average Bonchev–Trinajstić information content (AvgIpc) is 2.27. The van der Waals surface area contributed by atoms with Crippen LogP contribution in [0.1, 0.15) is 39.0 Å². The molecule has 0 bridgehead atoms. The Bertz CT molecular complexity index is 282. The number of halogens is 3. The largest absolute Gasteiger partial charge is 0.401 e. The highest BCUT2D eigenvalue weighted by molar-refractivity contribution is 5.77. The second kappa shape index (κ2) is 7.72. The number of nitrogens with one attached hydrogen (secondary N) is 2. The van der Waals surface area contributed by atoms with Gasteiger partial charge in [-0.1, -0.05) is 26.2 Å². The van der Waals surface area contributed by atoms with E-state index in [1.807, 2.05) is 0 Å². The standard InChI is InChI=1S/C13H23F3N2O/c1-10-3-2-4-11(7-10)5-6-18-12(19)8-17-9-13(14,15)16/h10-11,17H,2-9H2,1H3,(H,18,19). The van der Waals surface area contributed by atoms with E-state index < -0.39 is 12.7 Å². The summed E-state index contributed by atoms with van der Waals surface area (Å²) in [6.45, 7) is 1.40. The lowest BCUT2D eigenvalue weighted by Gasteiger charge is -2.26. The van der Waals surface area contributed by atoms with Crippen LogP contribution in [-0.2, 0) is 4.79 Å². The zero-order valence-electron chi connectivity index (χ0n) is 11.4. The lowest BCUT2D eigenvalue weighted by Crippen LogP contribution is -2.38. The van der Waals surface area contributed by atoms with Gasteiger partial charge in [-0.25, -0.2) is 0 Å². The van der Waals surface area contributed by atoms with E-state index in [1.54, 1.807) is 0 Å². The molecule has 1 fully saturated rings. The Hall–Kier alpha value is -0.780. The zero-order chi connectivity index (χ0) is 14.3. The van der Waals surface area contributed by atoms with Gasteiger partial charge in [-0.05, 0) is 24.7 Å². The number of rotatable bonds is 6. The van der Waals surface area contributed by atoms with E-state index in [9.17, 15) is 18.0 Å². The first-order chi connectivity index (χ1) is 8.87. The van der Waals surface area contributed by atoms with Gasteiger partial charge in [0.25, 0.3) is 0 Å². The van der Waals surface area contributed by atoms with Crippen LogP contribution < -0.4 is 10.6 Å². The number of hydrogen-bond donors (Lipinski definition) is 2. The summed E-state index contributed by atoms with van der Waals surface area (Å²) in [5.41, 5.74) is 0. The molecule has 1 rings (SSSR count). The van der Waals surface area contributed by atoms with Crippen molar-refractivity contribution in [2.24, 2.45) is 11.8 Å². The SMILES string of the molecule is CC1CCCC(CCNC(=O)CNCC(F)(F)F)C1. The fourth-order valence-electron chi connectivity index (χ4n) is 2.62. The number of alkyl halides is 3. The van der Waals surface area contributed by atoms with Gasteiger partial charge >= 0.3 is 6.18 Å². The van der Waals surface area contributed by atoms with Gasteiger partial charge in [0.05, 0.1) is 13.1 Å². The molecule has 0 saturated heterocycles. The highest BCUT2D eigenvalue weighted by Gasteiger charge is 2.26. The van der Waals surface area contributed by atoms with E-state index in [2.05, 4.69) is 17.6 Å². The first-order valence-electron chi connectivity index (χ1n) is 6.91. The topological polar surface area (TPSA) is 41.1 Å². The molecule has 19 heavy (non-hydrogen) atoms. The van der Waals surface area contributed by atoms with Crippen LogP contribution in [0.15, 0.2) is 0 Å². The van der Waals surface area contributed by atoms with E-state index in [0.717, 1.165) is 12.3 Å².